The van der Waals surface area contributed by atoms with E-state index in [-0.39, 0.29) is 12.3 Å². The van der Waals surface area contributed by atoms with Gasteiger partial charge in [0.1, 0.15) is 19.1 Å². The Bertz CT molecular complexity index is 489. The molecule has 0 aliphatic rings. The van der Waals surface area contributed by atoms with Crippen molar-refractivity contribution < 1.29 is 25.7 Å². The molecule has 0 saturated carbocycles. The SMILES string of the molecule is Cc1ccc(NC(=O)C[C@H]([NH2+]CC[NH3+])C(=O)[O-])c(C)c1. The fourth-order valence-corrected chi connectivity index (χ4v) is 1.94. The van der Waals surface area contributed by atoms with Gasteiger partial charge in [-0.15, -0.1) is 0 Å². The third-order valence-electron chi connectivity index (χ3n) is 3.02. The Hall–Kier alpha value is -1.92. The number of rotatable bonds is 7. The number of carbonyl (C=O) groups is 2. The van der Waals surface area contributed by atoms with E-state index in [1.807, 2.05) is 32.0 Å². The van der Waals surface area contributed by atoms with Gasteiger partial charge in [-0.1, -0.05) is 17.7 Å². The molecule has 1 rings (SSSR count). The van der Waals surface area contributed by atoms with Crippen LogP contribution in [0.25, 0.3) is 0 Å². The average molecular weight is 280 g/mol. The third kappa shape index (κ3) is 4.99. The largest absolute Gasteiger partial charge is 0.544 e. The van der Waals surface area contributed by atoms with Crippen molar-refractivity contribution in [2.75, 3.05) is 18.4 Å². The van der Waals surface area contributed by atoms with E-state index in [2.05, 4.69) is 11.1 Å². The summed E-state index contributed by atoms with van der Waals surface area (Å²) in [5.74, 6) is -1.55. The van der Waals surface area contributed by atoms with Gasteiger partial charge >= 0.3 is 0 Å². The normalized spacial score (nSPS) is 11.9. The van der Waals surface area contributed by atoms with Gasteiger partial charge in [0.25, 0.3) is 0 Å². The first kappa shape index (κ1) is 16.1. The monoisotopic (exact) mass is 280 g/mol. The maximum atomic E-state index is 11.9. The summed E-state index contributed by atoms with van der Waals surface area (Å²) in [4.78, 5) is 22.9. The van der Waals surface area contributed by atoms with Crippen molar-refractivity contribution in [3.05, 3.63) is 29.3 Å². The minimum Gasteiger partial charge on any atom is -0.544 e. The van der Waals surface area contributed by atoms with Gasteiger partial charge in [-0.05, 0) is 25.5 Å². The van der Waals surface area contributed by atoms with Crippen LogP contribution >= 0.6 is 0 Å². The van der Waals surface area contributed by atoms with Crippen LogP contribution in [-0.4, -0.2) is 31.0 Å². The fraction of sp³-hybridized carbons (Fsp3) is 0.429. The summed E-state index contributed by atoms with van der Waals surface area (Å²) >= 11 is 0. The number of amides is 1. The van der Waals surface area contributed by atoms with Crippen LogP contribution in [0.1, 0.15) is 17.5 Å². The van der Waals surface area contributed by atoms with E-state index in [1.54, 1.807) is 5.32 Å². The summed E-state index contributed by atoms with van der Waals surface area (Å²) in [6.07, 6.45) is -0.115. The molecule has 6 N–H and O–H groups in total. The van der Waals surface area contributed by atoms with Gasteiger partial charge in [0.05, 0.1) is 12.4 Å². The van der Waals surface area contributed by atoms with E-state index >= 15 is 0 Å². The van der Waals surface area contributed by atoms with Gasteiger partial charge in [0.15, 0.2) is 0 Å². The summed E-state index contributed by atoms with van der Waals surface area (Å²) in [5, 5.41) is 15.3. The number of quaternary nitrogens is 2. The molecule has 0 aliphatic carbocycles. The Morgan fingerprint density at radius 3 is 2.65 bits per heavy atom. The molecule has 0 unspecified atom stereocenters. The molecular weight excluding hydrogens is 258 g/mol. The Kier molecular flexibility index (Phi) is 6.14. The molecule has 1 amide bonds. The van der Waals surface area contributed by atoms with Gasteiger partial charge in [-0.3, -0.25) is 4.79 Å². The van der Waals surface area contributed by atoms with Crippen molar-refractivity contribution in [2.45, 2.75) is 26.3 Å². The third-order valence-corrected chi connectivity index (χ3v) is 3.02. The zero-order valence-electron chi connectivity index (χ0n) is 11.9. The van der Waals surface area contributed by atoms with Crippen molar-refractivity contribution in [3.63, 3.8) is 0 Å². The van der Waals surface area contributed by atoms with E-state index < -0.39 is 12.0 Å². The molecule has 6 nitrogen and oxygen atoms in total. The first-order valence-corrected chi connectivity index (χ1v) is 6.64. The maximum absolute atomic E-state index is 11.9. The number of hydrogen-bond acceptors (Lipinski definition) is 3. The summed E-state index contributed by atoms with van der Waals surface area (Å²) in [5.41, 5.74) is 6.40. The van der Waals surface area contributed by atoms with Crippen LogP contribution in [0.2, 0.25) is 0 Å². The number of carboxylic acid groups (broad SMARTS) is 1. The van der Waals surface area contributed by atoms with Crippen molar-refractivity contribution in [1.29, 1.82) is 0 Å². The predicted octanol–water partition coefficient (Wildman–Crippen LogP) is -2.44. The number of aryl methyl sites for hydroxylation is 2. The molecule has 0 spiro atoms. The van der Waals surface area contributed by atoms with Crippen LogP contribution in [0.5, 0.6) is 0 Å². The molecule has 0 aromatic heterocycles. The Morgan fingerprint density at radius 1 is 1.40 bits per heavy atom. The Balaban J connectivity index is 2.63. The maximum Gasteiger partial charge on any atom is 0.230 e. The fourth-order valence-electron chi connectivity index (χ4n) is 1.94. The van der Waals surface area contributed by atoms with Crippen LogP contribution < -0.4 is 21.5 Å². The molecule has 0 radical (unpaired) electrons. The summed E-state index contributed by atoms with van der Waals surface area (Å²) in [6, 6.07) is 4.80. The number of nitrogens with one attached hydrogen (secondary N) is 1. The number of benzene rings is 1. The quantitative estimate of drug-likeness (QED) is 0.515. The minimum absolute atomic E-state index is 0.115. The van der Waals surface area contributed by atoms with E-state index in [0.29, 0.717) is 18.8 Å². The van der Waals surface area contributed by atoms with E-state index in [9.17, 15) is 14.7 Å². The zero-order valence-corrected chi connectivity index (χ0v) is 11.9. The molecule has 6 heteroatoms. The lowest BCUT2D eigenvalue weighted by Gasteiger charge is -2.16. The second kappa shape index (κ2) is 7.62. The molecular formula is C14H22N3O3+. The molecule has 1 atom stereocenters. The molecule has 1 aromatic rings. The topological polar surface area (TPSA) is 113 Å². The number of hydrogen-bond donors (Lipinski definition) is 3. The Morgan fingerprint density at radius 2 is 2.10 bits per heavy atom. The molecule has 0 bridgehead atoms. The van der Waals surface area contributed by atoms with Crippen LogP contribution in [0.15, 0.2) is 18.2 Å². The molecule has 110 valence electrons. The number of nitrogens with two attached hydrogens (primary N) is 1. The highest BCUT2D eigenvalue weighted by Crippen LogP contribution is 2.16. The smallest absolute Gasteiger partial charge is 0.230 e. The molecule has 0 heterocycles. The van der Waals surface area contributed by atoms with E-state index in [0.717, 1.165) is 11.1 Å². The van der Waals surface area contributed by atoms with E-state index in [4.69, 9.17) is 0 Å². The van der Waals surface area contributed by atoms with Gasteiger partial charge in [0, 0.05) is 5.69 Å². The standard InChI is InChI=1S/C14H21N3O3/c1-9-3-4-11(10(2)7-9)17-13(18)8-12(14(19)20)16-6-5-15/h3-4,7,12,16H,5-6,8,15H2,1-2H3,(H,17,18)(H,19,20)/p+1/t12-/m0/s1. The first-order valence-electron chi connectivity index (χ1n) is 6.64. The second-order valence-corrected chi connectivity index (χ2v) is 4.87. The predicted molar refractivity (Wildman–Crippen MR) is 72.5 cm³/mol. The average Bonchev–Trinajstić information content (AvgIpc) is 2.37. The van der Waals surface area contributed by atoms with Crippen LogP contribution in [0.3, 0.4) is 0 Å². The van der Waals surface area contributed by atoms with Crippen molar-refractivity contribution in [3.8, 4) is 0 Å². The lowest BCUT2D eigenvalue weighted by molar-refractivity contribution is -0.695. The van der Waals surface area contributed by atoms with Gasteiger partial charge in [-0.2, -0.15) is 0 Å². The number of aliphatic carboxylic acids is 1. The van der Waals surface area contributed by atoms with Crippen LogP contribution in [0.4, 0.5) is 5.69 Å². The number of anilines is 1. The van der Waals surface area contributed by atoms with Gasteiger partial charge < -0.3 is 26.3 Å². The van der Waals surface area contributed by atoms with E-state index in [1.165, 1.54) is 0 Å². The Labute approximate surface area is 118 Å². The molecule has 20 heavy (non-hydrogen) atoms. The molecule has 0 saturated heterocycles. The lowest BCUT2D eigenvalue weighted by atomic mass is 10.1. The molecule has 1 aromatic carbocycles. The van der Waals surface area contributed by atoms with Crippen LogP contribution in [-0.2, 0) is 9.59 Å². The summed E-state index contributed by atoms with van der Waals surface area (Å²) in [6.45, 7) is 5.02. The highest BCUT2D eigenvalue weighted by Gasteiger charge is 2.18. The highest BCUT2D eigenvalue weighted by molar-refractivity contribution is 5.94. The van der Waals surface area contributed by atoms with Crippen LogP contribution in [0, 0.1) is 13.8 Å². The van der Waals surface area contributed by atoms with Gasteiger partial charge in [0.2, 0.25) is 5.91 Å². The number of carbonyl (C=O) groups excluding carboxylic acids is 2. The summed E-state index contributed by atoms with van der Waals surface area (Å²) in [7, 11) is 0. The minimum atomic E-state index is -1.23. The van der Waals surface area contributed by atoms with Crippen molar-refractivity contribution in [2.24, 2.45) is 0 Å². The van der Waals surface area contributed by atoms with Crippen molar-refractivity contribution in [1.82, 2.24) is 0 Å². The molecule has 0 fully saturated rings. The highest BCUT2D eigenvalue weighted by atomic mass is 16.4. The zero-order chi connectivity index (χ0) is 15.1. The van der Waals surface area contributed by atoms with Gasteiger partial charge in [-0.25, -0.2) is 0 Å². The molecule has 0 aliphatic heterocycles. The second-order valence-electron chi connectivity index (χ2n) is 4.87. The first-order chi connectivity index (χ1) is 9.43. The lowest BCUT2D eigenvalue weighted by Crippen LogP contribution is -2.95. The summed E-state index contributed by atoms with van der Waals surface area (Å²) < 4.78 is 0. The number of carboxylic acids is 1. The van der Waals surface area contributed by atoms with Crippen molar-refractivity contribution >= 4 is 17.6 Å².